The minimum Gasteiger partial charge on any atom is -0.333 e. The predicted octanol–water partition coefficient (Wildman–Crippen LogP) is 3.97. The molecule has 2 aromatic carbocycles. The maximum Gasteiger partial charge on any atom is 0.254 e. The molecule has 2 heterocycles. The first-order valence-electron chi connectivity index (χ1n) is 9.59. The first-order valence-corrected chi connectivity index (χ1v) is 9.59. The third-order valence-corrected chi connectivity index (χ3v) is 5.76. The van der Waals surface area contributed by atoms with Crippen molar-refractivity contribution in [3.05, 3.63) is 71.5 Å². The van der Waals surface area contributed by atoms with Crippen LogP contribution in [0.3, 0.4) is 0 Å². The van der Waals surface area contributed by atoms with Gasteiger partial charge in [-0.3, -0.25) is 4.79 Å². The van der Waals surface area contributed by atoms with E-state index in [9.17, 15) is 9.18 Å². The number of rotatable bonds is 2. The van der Waals surface area contributed by atoms with E-state index in [0.29, 0.717) is 6.54 Å². The molecule has 26 heavy (non-hydrogen) atoms. The van der Waals surface area contributed by atoms with Gasteiger partial charge in [0.05, 0.1) is 0 Å². The van der Waals surface area contributed by atoms with Crippen molar-refractivity contribution in [3.63, 3.8) is 0 Å². The molecule has 0 saturated carbocycles. The van der Waals surface area contributed by atoms with E-state index in [2.05, 4.69) is 5.32 Å². The summed E-state index contributed by atoms with van der Waals surface area (Å²) in [4.78, 5) is 15.2. The molecule has 3 nitrogen and oxygen atoms in total. The molecule has 0 bridgehead atoms. The number of nitrogens with zero attached hydrogens (tertiary/aromatic N) is 1. The standard InChI is InChI=1S/C22H25FN2O/c23-18-11-7-10-17(14-18)19-15-25(22(26)16-8-3-1-4-9-16)20-12-5-2-6-13-24-21(19)20/h1,3-4,7-11,14,19-21,24H,2,5-6,12-13,15H2/t19-,20+,21-/m0/s1. The number of carbonyl (C=O) groups excluding carboxylic acids is 1. The summed E-state index contributed by atoms with van der Waals surface area (Å²) in [5.74, 6) is 0.000990. The van der Waals surface area contributed by atoms with Gasteiger partial charge >= 0.3 is 0 Å². The monoisotopic (exact) mass is 352 g/mol. The molecule has 2 aliphatic rings. The number of carbonyl (C=O) groups is 1. The van der Waals surface area contributed by atoms with Gasteiger partial charge in [-0.15, -0.1) is 0 Å². The Labute approximate surface area is 154 Å². The van der Waals surface area contributed by atoms with E-state index in [4.69, 9.17) is 0 Å². The number of nitrogens with one attached hydrogen (secondary N) is 1. The predicted molar refractivity (Wildman–Crippen MR) is 101 cm³/mol. The van der Waals surface area contributed by atoms with E-state index in [1.165, 1.54) is 12.5 Å². The molecule has 0 radical (unpaired) electrons. The molecular formula is C22H25FN2O. The van der Waals surface area contributed by atoms with Crippen molar-refractivity contribution in [2.75, 3.05) is 13.1 Å². The van der Waals surface area contributed by atoms with Gasteiger partial charge in [-0.25, -0.2) is 4.39 Å². The van der Waals surface area contributed by atoms with Gasteiger partial charge < -0.3 is 10.2 Å². The summed E-state index contributed by atoms with van der Waals surface area (Å²) in [7, 11) is 0. The Morgan fingerprint density at radius 1 is 1.04 bits per heavy atom. The normalized spacial score (nSPS) is 26.0. The molecule has 1 N–H and O–H groups in total. The molecule has 2 saturated heterocycles. The molecule has 2 aromatic rings. The lowest BCUT2D eigenvalue weighted by Crippen LogP contribution is -2.47. The number of hydrogen-bond acceptors (Lipinski definition) is 2. The summed E-state index contributed by atoms with van der Waals surface area (Å²) in [6.07, 6.45) is 4.49. The average molecular weight is 352 g/mol. The topological polar surface area (TPSA) is 32.3 Å². The van der Waals surface area contributed by atoms with Crippen molar-refractivity contribution >= 4 is 5.91 Å². The van der Waals surface area contributed by atoms with Crippen molar-refractivity contribution < 1.29 is 9.18 Å². The van der Waals surface area contributed by atoms with Crippen LogP contribution in [0.15, 0.2) is 54.6 Å². The maximum absolute atomic E-state index is 13.8. The van der Waals surface area contributed by atoms with E-state index >= 15 is 0 Å². The highest BCUT2D eigenvalue weighted by atomic mass is 19.1. The molecule has 0 aromatic heterocycles. The van der Waals surface area contributed by atoms with Gasteiger partial charge in [0.2, 0.25) is 0 Å². The highest BCUT2D eigenvalue weighted by Gasteiger charge is 2.44. The average Bonchev–Trinajstić information content (AvgIpc) is 2.99. The summed E-state index contributed by atoms with van der Waals surface area (Å²) >= 11 is 0. The van der Waals surface area contributed by atoms with Crippen LogP contribution < -0.4 is 5.32 Å². The molecule has 0 unspecified atom stereocenters. The summed E-state index contributed by atoms with van der Waals surface area (Å²) in [6, 6.07) is 16.7. The lowest BCUT2D eigenvalue weighted by molar-refractivity contribution is 0.0713. The SMILES string of the molecule is O=C(c1ccccc1)N1C[C@@H](c2cccc(F)c2)[C@@H]2NCCCCC[C@H]21. The summed E-state index contributed by atoms with van der Waals surface area (Å²) < 4.78 is 13.8. The van der Waals surface area contributed by atoms with Crippen molar-refractivity contribution in [1.29, 1.82) is 0 Å². The fourth-order valence-electron chi connectivity index (χ4n) is 4.49. The van der Waals surface area contributed by atoms with Crippen molar-refractivity contribution in [2.24, 2.45) is 0 Å². The zero-order valence-electron chi connectivity index (χ0n) is 14.9. The molecule has 1 amide bonds. The molecular weight excluding hydrogens is 327 g/mol. The van der Waals surface area contributed by atoms with Crippen molar-refractivity contribution in [3.8, 4) is 0 Å². The highest BCUT2D eigenvalue weighted by molar-refractivity contribution is 5.94. The van der Waals surface area contributed by atoms with Crippen LogP contribution >= 0.6 is 0 Å². The molecule has 136 valence electrons. The Bertz CT molecular complexity index is 764. The first-order chi connectivity index (χ1) is 12.7. The number of hydrogen-bond donors (Lipinski definition) is 1. The van der Waals surface area contributed by atoms with Crippen LogP contribution in [0.5, 0.6) is 0 Å². The Kier molecular flexibility index (Phi) is 5.02. The number of halogens is 1. The van der Waals surface area contributed by atoms with E-state index in [1.807, 2.05) is 41.3 Å². The number of amides is 1. The number of fused-ring (bicyclic) bond motifs is 1. The number of likely N-dealkylation sites (tertiary alicyclic amines) is 1. The summed E-state index contributed by atoms with van der Waals surface area (Å²) in [5, 5.41) is 3.67. The molecule has 4 rings (SSSR count). The van der Waals surface area contributed by atoms with Gasteiger partial charge in [-0.2, -0.15) is 0 Å². The van der Waals surface area contributed by atoms with Crippen LogP contribution in [-0.2, 0) is 0 Å². The zero-order chi connectivity index (χ0) is 17.9. The Morgan fingerprint density at radius 2 is 1.88 bits per heavy atom. The zero-order valence-corrected chi connectivity index (χ0v) is 14.9. The van der Waals surface area contributed by atoms with Gasteiger partial charge in [0, 0.05) is 30.1 Å². The van der Waals surface area contributed by atoms with Gasteiger partial charge in [0.25, 0.3) is 5.91 Å². The molecule has 2 fully saturated rings. The molecule has 2 aliphatic heterocycles. The van der Waals surface area contributed by atoms with Crippen LogP contribution in [0.2, 0.25) is 0 Å². The van der Waals surface area contributed by atoms with Gasteiger partial charge in [0.15, 0.2) is 0 Å². The van der Waals surface area contributed by atoms with Gasteiger partial charge in [0.1, 0.15) is 5.82 Å². The lowest BCUT2D eigenvalue weighted by atomic mass is 9.88. The first kappa shape index (κ1) is 17.2. The van der Waals surface area contributed by atoms with E-state index < -0.39 is 0 Å². The molecule has 3 atom stereocenters. The van der Waals surface area contributed by atoms with E-state index in [-0.39, 0.29) is 29.7 Å². The van der Waals surface area contributed by atoms with Crippen LogP contribution in [0.1, 0.15) is 47.5 Å². The third-order valence-electron chi connectivity index (χ3n) is 5.76. The van der Waals surface area contributed by atoms with Crippen LogP contribution in [0.4, 0.5) is 4.39 Å². The molecule has 0 aliphatic carbocycles. The second-order valence-corrected chi connectivity index (χ2v) is 7.38. The Hall–Kier alpha value is -2.20. The lowest BCUT2D eigenvalue weighted by Gasteiger charge is -2.31. The van der Waals surface area contributed by atoms with Crippen molar-refractivity contribution in [1.82, 2.24) is 10.2 Å². The minimum absolute atomic E-state index is 0.0851. The quantitative estimate of drug-likeness (QED) is 0.887. The van der Waals surface area contributed by atoms with Crippen molar-refractivity contribution in [2.45, 2.75) is 43.7 Å². The summed E-state index contributed by atoms with van der Waals surface area (Å²) in [6.45, 7) is 1.60. The fraction of sp³-hybridized carbons (Fsp3) is 0.409. The Morgan fingerprint density at radius 3 is 2.69 bits per heavy atom. The van der Waals surface area contributed by atoms with Crippen LogP contribution in [-0.4, -0.2) is 36.0 Å². The second kappa shape index (κ2) is 7.58. The second-order valence-electron chi connectivity index (χ2n) is 7.38. The highest BCUT2D eigenvalue weighted by Crippen LogP contribution is 2.36. The minimum atomic E-state index is -0.210. The smallest absolute Gasteiger partial charge is 0.254 e. The number of benzene rings is 2. The van der Waals surface area contributed by atoms with Gasteiger partial charge in [-0.05, 0) is 49.2 Å². The maximum atomic E-state index is 13.8. The summed E-state index contributed by atoms with van der Waals surface area (Å²) in [5.41, 5.74) is 1.71. The Balaban J connectivity index is 1.67. The van der Waals surface area contributed by atoms with Crippen LogP contribution in [0.25, 0.3) is 0 Å². The fourth-order valence-corrected chi connectivity index (χ4v) is 4.49. The van der Waals surface area contributed by atoms with E-state index in [0.717, 1.165) is 36.9 Å². The third kappa shape index (κ3) is 3.38. The largest absolute Gasteiger partial charge is 0.333 e. The van der Waals surface area contributed by atoms with Crippen LogP contribution in [0, 0.1) is 5.82 Å². The van der Waals surface area contributed by atoms with Gasteiger partial charge in [-0.1, -0.05) is 43.2 Å². The van der Waals surface area contributed by atoms with E-state index in [1.54, 1.807) is 12.1 Å². The molecule has 4 heteroatoms. The molecule has 0 spiro atoms.